The molecule has 2 N–H and O–H groups in total. The van der Waals surface area contributed by atoms with Crippen molar-refractivity contribution in [2.75, 3.05) is 20.2 Å². The molecular weight excluding hydrogens is 458 g/mol. The Morgan fingerprint density at radius 2 is 2.00 bits per heavy atom. The Kier molecular flexibility index (Phi) is 9.48. The van der Waals surface area contributed by atoms with E-state index >= 15 is 0 Å². The average Bonchev–Trinajstić information content (AvgIpc) is 2.62. The van der Waals surface area contributed by atoms with Crippen LogP contribution in [0.3, 0.4) is 0 Å². The van der Waals surface area contributed by atoms with Crippen molar-refractivity contribution in [3.63, 3.8) is 0 Å². The van der Waals surface area contributed by atoms with Crippen molar-refractivity contribution in [3.8, 4) is 5.88 Å². The van der Waals surface area contributed by atoms with Crippen molar-refractivity contribution in [3.05, 3.63) is 59.5 Å². The van der Waals surface area contributed by atoms with Crippen molar-refractivity contribution in [2.45, 2.75) is 32.7 Å². The van der Waals surface area contributed by atoms with Crippen LogP contribution in [0.25, 0.3) is 0 Å². The first kappa shape index (κ1) is 23.1. The molecule has 148 valence electrons. The molecule has 0 saturated carbocycles. The molecule has 0 spiro atoms. The zero-order valence-corrected chi connectivity index (χ0v) is 18.6. The van der Waals surface area contributed by atoms with Crippen LogP contribution in [0.5, 0.6) is 5.88 Å². The summed E-state index contributed by atoms with van der Waals surface area (Å²) >= 11 is 0. The molecule has 2 aromatic rings. The molecule has 0 bridgehead atoms. The second-order valence-corrected chi connectivity index (χ2v) is 6.61. The van der Waals surface area contributed by atoms with Crippen LogP contribution in [0.1, 0.15) is 31.9 Å². The molecule has 27 heavy (non-hydrogen) atoms. The number of rotatable bonds is 7. The molecule has 0 aliphatic rings. The zero-order chi connectivity index (χ0) is 19.0. The summed E-state index contributed by atoms with van der Waals surface area (Å²) in [5.74, 6) is 1.08. The summed E-state index contributed by atoms with van der Waals surface area (Å²) in [4.78, 5) is 8.41. The first-order valence-corrected chi connectivity index (χ1v) is 8.73. The molecule has 5 nitrogen and oxygen atoms in total. The van der Waals surface area contributed by atoms with E-state index in [1.165, 1.54) is 6.07 Å². The van der Waals surface area contributed by atoms with Crippen molar-refractivity contribution < 1.29 is 9.13 Å². The maximum absolute atomic E-state index is 13.5. The van der Waals surface area contributed by atoms with Gasteiger partial charge >= 0.3 is 0 Å². The average molecular weight is 486 g/mol. The van der Waals surface area contributed by atoms with Gasteiger partial charge in [-0.05, 0) is 36.2 Å². The predicted molar refractivity (Wildman–Crippen MR) is 118 cm³/mol. The van der Waals surface area contributed by atoms with Gasteiger partial charge in [-0.1, -0.05) is 26.0 Å². The number of nitrogens with zero attached hydrogens (tertiary/aromatic N) is 2. The van der Waals surface area contributed by atoms with Crippen LogP contribution in [-0.4, -0.2) is 31.1 Å². The van der Waals surface area contributed by atoms with Crippen LogP contribution < -0.4 is 15.4 Å². The van der Waals surface area contributed by atoms with Gasteiger partial charge in [0.05, 0.1) is 6.61 Å². The van der Waals surface area contributed by atoms with Crippen molar-refractivity contribution >= 4 is 29.9 Å². The van der Waals surface area contributed by atoms with Gasteiger partial charge in [0.25, 0.3) is 0 Å². The number of aliphatic imine (C=N–C) groups is 1. The predicted octanol–water partition coefficient (Wildman–Crippen LogP) is 3.88. The number of hydrogen-bond acceptors (Lipinski definition) is 3. The Hall–Kier alpha value is -1.90. The highest BCUT2D eigenvalue weighted by molar-refractivity contribution is 14.0. The normalized spacial score (nSPS) is 11.5. The highest BCUT2D eigenvalue weighted by Gasteiger charge is 2.21. The highest BCUT2D eigenvalue weighted by atomic mass is 127. The van der Waals surface area contributed by atoms with E-state index in [1.54, 1.807) is 25.4 Å². The molecule has 0 atom stereocenters. The van der Waals surface area contributed by atoms with Gasteiger partial charge in [-0.3, -0.25) is 4.99 Å². The second kappa shape index (κ2) is 11.1. The van der Waals surface area contributed by atoms with E-state index in [1.807, 2.05) is 25.1 Å². The summed E-state index contributed by atoms with van der Waals surface area (Å²) in [5.41, 5.74) is 1.75. The Labute approximate surface area is 177 Å². The number of ether oxygens (including phenoxy) is 1. The molecular formula is C20H28FIN4O. The van der Waals surface area contributed by atoms with Crippen molar-refractivity contribution in [1.82, 2.24) is 15.6 Å². The summed E-state index contributed by atoms with van der Waals surface area (Å²) in [6, 6.07) is 10.5. The number of hydrogen-bond donors (Lipinski definition) is 2. The van der Waals surface area contributed by atoms with E-state index in [4.69, 9.17) is 4.74 Å². The Morgan fingerprint density at radius 1 is 1.22 bits per heavy atom. The summed E-state index contributed by atoms with van der Waals surface area (Å²) in [6.45, 7) is 7.87. The minimum absolute atomic E-state index is 0. The Morgan fingerprint density at radius 3 is 2.67 bits per heavy atom. The van der Waals surface area contributed by atoms with Crippen LogP contribution in [-0.2, 0) is 12.0 Å². The number of nitrogens with one attached hydrogen (secondary N) is 2. The second-order valence-electron chi connectivity index (χ2n) is 6.61. The highest BCUT2D eigenvalue weighted by Crippen LogP contribution is 2.22. The molecule has 0 radical (unpaired) electrons. The number of halogens is 2. The van der Waals surface area contributed by atoms with Gasteiger partial charge in [-0.15, -0.1) is 24.0 Å². The standard InChI is InChI=1S/C20H27FN4O.HI/c1-5-26-18-11-15(9-10-23-18)13-24-19(22-4)25-14-20(2,3)16-7-6-8-17(21)12-16;/h6-12H,5,13-14H2,1-4H3,(H2,22,24,25);1H. The summed E-state index contributed by atoms with van der Waals surface area (Å²) in [6.07, 6.45) is 1.73. The third kappa shape index (κ3) is 7.32. The molecule has 0 fully saturated rings. The smallest absolute Gasteiger partial charge is 0.213 e. The van der Waals surface area contributed by atoms with E-state index in [0.29, 0.717) is 31.5 Å². The third-order valence-corrected chi connectivity index (χ3v) is 4.08. The quantitative estimate of drug-likeness (QED) is 0.355. The van der Waals surface area contributed by atoms with Gasteiger partial charge in [-0.25, -0.2) is 9.37 Å². The lowest BCUT2D eigenvalue weighted by molar-refractivity contribution is 0.326. The Balaban J connectivity index is 0.00000364. The molecule has 0 saturated heterocycles. The SMILES string of the molecule is CCOc1cc(CNC(=NC)NCC(C)(C)c2cccc(F)c2)ccn1.I. The molecule has 0 amide bonds. The monoisotopic (exact) mass is 486 g/mol. The minimum Gasteiger partial charge on any atom is -0.478 e. The first-order valence-electron chi connectivity index (χ1n) is 8.73. The van der Waals surface area contributed by atoms with Crippen LogP contribution in [0.4, 0.5) is 4.39 Å². The van der Waals surface area contributed by atoms with E-state index in [-0.39, 0.29) is 35.2 Å². The fourth-order valence-electron chi connectivity index (χ4n) is 2.51. The van der Waals surface area contributed by atoms with E-state index in [2.05, 4.69) is 34.5 Å². The number of aromatic nitrogens is 1. The van der Waals surface area contributed by atoms with E-state index in [0.717, 1.165) is 11.1 Å². The molecule has 7 heteroatoms. The fraction of sp³-hybridized carbons (Fsp3) is 0.400. The maximum atomic E-state index is 13.5. The summed E-state index contributed by atoms with van der Waals surface area (Å²) in [5, 5.41) is 6.58. The van der Waals surface area contributed by atoms with Gasteiger partial charge in [0.1, 0.15) is 5.82 Å². The first-order chi connectivity index (χ1) is 12.4. The number of pyridine rings is 1. The largest absolute Gasteiger partial charge is 0.478 e. The van der Waals surface area contributed by atoms with E-state index < -0.39 is 0 Å². The number of benzene rings is 1. The van der Waals surface area contributed by atoms with Gasteiger partial charge in [0.2, 0.25) is 5.88 Å². The molecule has 2 rings (SSSR count). The third-order valence-electron chi connectivity index (χ3n) is 4.08. The van der Waals surface area contributed by atoms with Crippen LogP contribution in [0, 0.1) is 5.82 Å². The lowest BCUT2D eigenvalue weighted by Crippen LogP contribution is -2.43. The molecule has 0 unspecified atom stereocenters. The molecule has 0 aliphatic carbocycles. The minimum atomic E-state index is -0.238. The van der Waals surface area contributed by atoms with Crippen LogP contribution in [0.2, 0.25) is 0 Å². The van der Waals surface area contributed by atoms with Crippen molar-refractivity contribution in [1.29, 1.82) is 0 Å². The zero-order valence-electron chi connectivity index (χ0n) is 16.3. The summed E-state index contributed by atoms with van der Waals surface area (Å²) in [7, 11) is 1.72. The topological polar surface area (TPSA) is 58.5 Å². The lowest BCUT2D eigenvalue weighted by Gasteiger charge is -2.27. The Bertz CT molecular complexity index is 752. The van der Waals surface area contributed by atoms with Crippen LogP contribution >= 0.6 is 24.0 Å². The van der Waals surface area contributed by atoms with Gasteiger partial charge in [0, 0.05) is 37.8 Å². The molecule has 1 aromatic carbocycles. The van der Waals surface area contributed by atoms with Gasteiger partial charge < -0.3 is 15.4 Å². The molecule has 0 aliphatic heterocycles. The van der Waals surface area contributed by atoms with Crippen molar-refractivity contribution in [2.24, 2.45) is 4.99 Å². The van der Waals surface area contributed by atoms with Gasteiger partial charge in [-0.2, -0.15) is 0 Å². The van der Waals surface area contributed by atoms with Gasteiger partial charge in [0.15, 0.2) is 5.96 Å². The maximum Gasteiger partial charge on any atom is 0.213 e. The van der Waals surface area contributed by atoms with Crippen LogP contribution in [0.15, 0.2) is 47.6 Å². The number of guanidine groups is 1. The molecule has 1 heterocycles. The van der Waals surface area contributed by atoms with E-state index in [9.17, 15) is 4.39 Å². The lowest BCUT2D eigenvalue weighted by atomic mass is 9.84. The summed E-state index contributed by atoms with van der Waals surface area (Å²) < 4.78 is 18.9. The molecule has 1 aromatic heterocycles. The fourth-order valence-corrected chi connectivity index (χ4v) is 2.51.